The van der Waals surface area contributed by atoms with Crippen LogP contribution in [0.15, 0.2) is 41.4 Å². The van der Waals surface area contributed by atoms with Crippen LogP contribution in [-0.4, -0.2) is 52.5 Å². The molecule has 2 N–H and O–H groups in total. The summed E-state index contributed by atoms with van der Waals surface area (Å²) in [6, 6.07) is 8.28. The normalized spacial score (nSPS) is 13.5. The predicted octanol–water partition coefficient (Wildman–Crippen LogP) is 2.88. The van der Waals surface area contributed by atoms with Crippen LogP contribution in [0.5, 0.6) is 0 Å². The number of aliphatic hydroxyl groups excluding tert-OH is 1. The van der Waals surface area contributed by atoms with Gasteiger partial charge in [0.25, 0.3) is 0 Å². The zero-order valence-electron chi connectivity index (χ0n) is 17.3. The van der Waals surface area contributed by atoms with Crippen molar-refractivity contribution in [3.63, 3.8) is 0 Å². The Kier molecular flexibility index (Phi) is 6.36. The van der Waals surface area contributed by atoms with Gasteiger partial charge in [-0.15, -0.1) is 0 Å². The molecule has 0 spiro atoms. The van der Waals surface area contributed by atoms with Crippen LogP contribution in [-0.2, 0) is 16.4 Å². The van der Waals surface area contributed by atoms with E-state index in [1.165, 1.54) is 11.4 Å². The van der Waals surface area contributed by atoms with Crippen LogP contribution in [0.2, 0.25) is 0 Å². The first-order chi connectivity index (χ1) is 13.7. The van der Waals surface area contributed by atoms with E-state index < -0.39 is 16.1 Å². The molecule has 0 bridgehead atoms. The zero-order chi connectivity index (χ0) is 21.2. The molecule has 29 heavy (non-hydrogen) atoms. The van der Waals surface area contributed by atoms with Crippen molar-refractivity contribution < 1.29 is 13.5 Å². The van der Waals surface area contributed by atoms with E-state index in [1.807, 2.05) is 26.8 Å². The summed E-state index contributed by atoms with van der Waals surface area (Å²) in [5, 5.41) is 9.63. The molecule has 156 valence electrons. The minimum absolute atomic E-state index is 0.204. The highest BCUT2D eigenvalue weighted by molar-refractivity contribution is 7.89. The maximum absolute atomic E-state index is 12.9. The van der Waals surface area contributed by atoms with E-state index in [0.717, 1.165) is 28.1 Å². The number of aromatic amines is 1. The maximum atomic E-state index is 12.9. The number of nitrogens with one attached hydrogen (secondary N) is 1. The molecule has 8 heteroatoms. The van der Waals surface area contributed by atoms with Crippen molar-refractivity contribution in [3.8, 4) is 0 Å². The Morgan fingerprint density at radius 2 is 1.86 bits per heavy atom. The number of imidazole rings is 1. The lowest BCUT2D eigenvalue weighted by Crippen LogP contribution is -2.40. The Bertz CT molecular complexity index is 1080. The van der Waals surface area contributed by atoms with Crippen LogP contribution in [0.1, 0.15) is 37.4 Å². The molecule has 3 rings (SSSR count). The molecular formula is C21H28N4O3S. The van der Waals surface area contributed by atoms with E-state index in [0.29, 0.717) is 12.8 Å². The molecule has 1 atom stereocenters. The number of aromatic nitrogens is 3. The monoisotopic (exact) mass is 416 g/mol. The molecule has 2 aromatic heterocycles. The number of nitrogens with zero attached hydrogens (tertiary/aromatic N) is 3. The first-order valence-electron chi connectivity index (χ1n) is 9.70. The number of benzene rings is 1. The molecule has 0 radical (unpaired) electrons. The number of fused-ring (bicyclic) bond motifs is 1. The Morgan fingerprint density at radius 3 is 2.48 bits per heavy atom. The number of likely N-dealkylation sites (N-methyl/N-ethyl adjacent to an activating group) is 1. The van der Waals surface area contributed by atoms with Crippen LogP contribution in [0.4, 0.5) is 0 Å². The van der Waals surface area contributed by atoms with Gasteiger partial charge < -0.3 is 10.1 Å². The van der Waals surface area contributed by atoms with Crippen molar-refractivity contribution in [2.45, 2.75) is 44.6 Å². The molecule has 0 aliphatic rings. The third-order valence-electron chi connectivity index (χ3n) is 5.04. The number of rotatable bonds is 8. The summed E-state index contributed by atoms with van der Waals surface area (Å²) in [6.07, 6.45) is 2.90. The first-order valence-corrected chi connectivity index (χ1v) is 11.1. The first kappa shape index (κ1) is 21.4. The third-order valence-corrected chi connectivity index (χ3v) is 6.96. The lowest BCUT2D eigenvalue weighted by Gasteiger charge is -2.27. The topological polar surface area (TPSA) is 99.2 Å². The number of aryl methyl sites for hydroxylation is 1. The number of aliphatic hydroxyl groups is 1. The molecular weight excluding hydrogens is 388 g/mol. The Morgan fingerprint density at radius 1 is 1.17 bits per heavy atom. The van der Waals surface area contributed by atoms with Crippen LogP contribution >= 0.6 is 0 Å². The minimum atomic E-state index is -3.68. The summed E-state index contributed by atoms with van der Waals surface area (Å²) in [5.74, 6) is 1.12. The molecule has 3 aromatic rings. The van der Waals surface area contributed by atoms with Gasteiger partial charge in [-0.3, -0.25) is 4.98 Å². The van der Waals surface area contributed by atoms with Crippen molar-refractivity contribution in [3.05, 3.63) is 53.6 Å². The molecule has 0 saturated heterocycles. The van der Waals surface area contributed by atoms with Gasteiger partial charge in [-0.2, -0.15) is 4.31 Å². The van der Waals surface area contributed by atoms with Crippen molar-refractivity contribution in [1.29, 1.82) is 0 Å². The van der Waals surface area contributed by atoms with E-state index in [4.69, 9.17) is 0 Å². The van der Waals surface area contributed by atoms with Gasteiger partial charge in [0.2, 0.25) is 10.0 Å². The average molecular weight is 417 g/mol. The van der Waals surface area contributed by atoms with Gasteiger partial charge in [-0.05, 0) is 43.0 Å². The number of pyridine rings is 1. The summed E-state index contributed by atoms with van der Waals surface area (Å²) < 4.78 is 27.2. The molecule has 0 amide bonds. The lowest BCUT2D eigenvalue weighted by atomic mass is 10.1. The van der Waals surface area contributed by atoms with Crippen molar-refractivity contribution in [2.24, 2.45) is 5.92 Å². The van der Waals surface area contributed by atoms with Gasteiger partial charge in [0, 0.05) is 25.7 Å². The van der Waals surface area contributed by atoms with Gasteiger partial charge in [0.05, 0.1) is 22.7 Å². The number of sulfonamides is 1. The fourth-order valence-corrected chi connectivity index (χ4v) is 4.82. The smallest absolute Gasteiger partial charge is 0.243 e. The van der Waals surface area contributed by atoms with Gasteiger partial charge in [0.15, 0.2) is 0 Å². The Hall–Kier alpha value is -2.29. The molecule has 0 saturated carbocycles. The SMILES string of the molecule is Cc1nc2c(Cc3ccc(S(=O)(=O)N(C)[C@@H](CO)CC(C)C)cc3)nccc2[nH]1. The van der Waals surface area contributed by atoms with E-state index in [9.17, 15) is 13.5 Å². The fraction of sp³-hybridized carbons (Fsp3) is 0.429. The molecule has 2 heterocycles. The Labute approximate surface area is 171 Å². The maximum Gasteiger partial charge on any atom is 0.243 e. The molecule has 7 nitrogen and oxygen atoms in total. The largest absolute Gasteiger partial charge is 0.395 e. The van der Waals surface area contributed by atoms with E-state index in [2.05, 4.69) is 15.0 Å². The fourth-order valence-electron chi connectivity index (χ4n) is 3.46. The number of H-pyrrole nitrogens is 1. The van der Waals surface area contributed by atoms with Gasteiger partial charge in [0.1, 0.15) is 11.3 Å². The Balaban J connectivity index is 1.82. The van der Waals surface area contributed by atoms with Crippen LogP contribution in [0, 0.1) is 12.8 Å². The van der Waals surface area contributed by atoms with E-state index in [1.54, 1.807) is 30.5 Å². The third kappa shape index (κ3) is 4.66. The second-order valence-corrected chi connectivity index (χ2v) is 9.78. The van der Waals surface area contributed by atoms with Crippen LogP contribution in [0.25, 0.3) is 11.0 Å². The molecule has 0 aliphatic heterocycles. The zero-order valence-corrected chi connectivity index (χ0v) is 18.1. The highest BCUT2D eigenvalue weighted by Crippen LogP contribution is 2.22. The molecule has 0 aliphatic carbocycles. The second-order valence-electron chi connectivity index (χ2n) is 7.78. The summed E-state index contributed by atoms with van der Waals surface area (Å²) in [6.45, 7) is 5.71. The molecule has 0 fully saturated rings. The van der Waals surface area contributed by atoms with E-state index >= 15 is 0 Å². The highest BCUT2D eigenvalue weighted by atomic mass is 32.2. The highest BCUT2D eigenvalue weighted by Gasteiger charge is 2.28. The number of hydrogen-bond donors (Lipinski definition) is 2. The van der Waals surface area contributed by atoms with Gasteiger partial charge in [-0.25, -0.2) is 13.4 Å². The summed E-state index contributed by atoms with van der Waals surface area (Å²) >= 11 is 0. The van der Waals surface area contributed by atoms with Crippen molar-refractivity contribution >= 4 is 21.1 Å². The van der Waals surface area contributed by atoms with Crippen molar-refractivity contribution in [1.82, 2.24) is 19.3 Å². The quantitative estimate of drug-likeness (QED) is 0.588. The van der Waals surface area contributed by atoms with Crippen LogP contribution < -0.4 is 0 Å². The van der Waals surface area contributed by atoms with Crippen LogP contribution in [0.3, 0.4) is 0 Å². The van der Waals surface area contributed by atoms with E-state index in [-0.39, 0.29) is 17.4 Å². The van der Waals surface area contributed by atoms with Crippen molar-refractivity contribution in [2.75, 3.05) is 13.7 Å². The van der Waals surface area contributed by atoms with Gasteiger partial charge >= 0.3 is 0 Å². The predicted molar refractivity (Wildman–Crippen MR) is 113 cm³/mol. The lowest BCUT2D eigenvalue weighted by molar-refractivity contribution is 0.183. The van der Waals surface area contributed by atoms with Gasteiger partial charge in [-0.1, -0.05) is 26.0 Å². The molecule has 1 aromatic carbocycles. The summed E-state index contributed by atoms with van der Waals surface area (Å²) in [5.41, 5.74) is 3.57. The standard InChI is InChI=1S/C21H28N4O3S/c1-14(2)11-17(13-26)25(4)29(27,28)18-7-5-16(6-8-18)12-20-21-19(9-10-22-20)23-15(3)24-21/h5-10,14,17,26H,11-13H2,1-4H3,(H,23,24)/t17-/m1/s1. The summed E-state index contributed by atoms with van der Waals surface area (Å²) in [4.78, 5) is 12.4. The second kappa shape index (κ2) is 8.61. The average Bonchev–Trinajstić information content (AvgIpc) is 3.07. The summed E-state index contributed by atoms with van der Waals surface area (Å²) in [7, 11) is -2.15. The minimum Gasteiger partial charge on any atom is -0.395 e. The molecule has 0 unspecified atom stereocenters. The number of hydrogen-bond acceptors (Lipinski definition) is 5.